The lowest BCUT2D eigenvalue weighted by molar-refractivity contribution is -0.276. The monoisotopic (exact) mass is 641 g/mol. The van der Waals surface area contributed by atoms with Gasteiger partial charge in [0.1, 0.15) is 6.04 Å². The Morgan fingerprint density at radius 3 is 2.30 bits per heavy atom. The van der Waals surface area contributed by atoms with Crippen LogP contribution in [0.15, 0.2) is 91.5 Å². The lowest BCUT2D eigenvalue weighted by Crippen LogP contribution is -2.47. The summed E-state index contributed by atoms with van der Waals surface area (Å²) in [5.41, 5.74) is 4.19. The summed E-state index contributed by atoms with van der Waals surface area (Å²) >= 11 is 0. The van der Waals surface area contributed by atoms with Crippen LogP contribution in [0.2, 0.25) is 0 Å². The molecule has 1 saturated carbocycles. The Kier molecular flexibility index (Phi) is 12.2. The van der Waals surface area contributed by atoms with E-state index in [4.69, 9.17) is 14.2 Å². The number of amides is 2. The van der Waals surface area contributed by atoms with E-state index in [-0.39, 0.29) is 24.7 Å². The zero-order valence-electron chi connectivity index (χ0n) is 27.3. The van der Waals surface area contributed by atoms with Gasteiger partial charge in [-0.25, -0.2) is 9.59 Å². The quantitative estimate of drug-likeness (QED) is 0.148. The van der Waals surface area contributed by atoms with Crippen molar-refractivity contribution in [2.24, 2.45) is 5.92 Å². The molecule has 0 aromatic heterocycles. The molecule has 47 heavy (non-hydrogen) atoms. The van der Waals surface area contributed by atoms with E-state index in [0.29, 0.717) is 18.2 Å². The first-order valence-electron chi connectivity index (χ1n) is 16.5. The molecular formula is C38H47N3O6. The van der Waals surface area contributed by atoms with Crippen LogP contribution in [0.3, 0.4) is 0 Å². The SMILES string of the molecule is C=CCN(CC1OC(c2ccc(NC(=O)NC(Cc3ccccc3)C(=O)OC)cc2)OC(c2ccc(CO)cc2)C1C)C1CCCC1. The minimum atomic E-state index is -0.835. The summed E-state index contributed by atoms with van der Waals surface area (Å²) < 4.78 is 18.3. The maximum absolute atomic E-state index is 12.9. The number of anilines is 1. The molecular weight excluding hydrogens is 594 g/mol. The molecule has 1 saturated heterocycles. The second-order valence-electron chi connectivity index (χ2n) is 12.5. The number of methoxy groups -OCH3 is 1. The summed E-state index contributed by atoms with van der Waals surface area (Å²) in [6, 6.07) is 23.9. The Bertz CT molecular complexity index is 1440. The van der Waals surface area contributed by atoms with Gasteiger partial charge in [0, 0.05) is 42.7 Å². The zero-order chi connectivity index (χ0) is 33.2. The van der Waals surface area contributed by atoms with Crippen LogP contribution in [-0.4, -0.2) is 60.4 Å². The van der Waals surface area contributed by atoms with Crippen LogP contribution in [0, 0.1) is 5.92 Å². The van der Waals surface area contributed by atoms with Gasteiger partial charge in [-0.3, -0.25) is 4.90 Å². The van der Waals surface area contributed by atoms with Crippen LogP contribution in [0.25, 0.3) is 0 Å². The molecule has 5 unspecified atom stereocenters. The van der Waals surface area contributed by atoms with Crippen molar-refractivity contribution < 1.29 is 28.9 Å². The number of aliphatic hydroxyl groups is 1. The largest absolute Gasteiger partial charge is 0.467 e. The minimum absolute atomic E-state index is 0.0115. The smallest absolute Gasteiger partial charge is 0.328 e. The number of carbonyl (C=O) groups is 2. The Morgan fingerprint density at radius 2 is 1.66 bits per heavy atom. The molecule has 1 heterocycles. The predicted molar refractivity (Wildman–Crippen MR) is 182 cm³/mol. The molecule has 1 aliphatic carbocycles. The van der Waals surface area contributed by atoms with Crippen molar-refractivity contribution in [1.82, 2.24) is 10.2 Å². The molecule has 9 nitrogen and oxygen atoms in total. The molecule has 3 aromatic rings. The molecule has 5 rings (SSSR count). The van der Waals surface area contributed by atoms with E-state index in [1.54, 1.807) is 12.1 Å². The average molecular weight is 642 g/mol. The normalized spacial score (nSPS) is 22.0. The van der Waals surface area contributed by atoms with Gasteiger partial charge >= 0.3 is 12.0 Å². The Hall–Kier alpha value is -4.02. The second kappa shape index (κ2) is 16.7. The first kappa shape index (κ1) is 34.3. The molecule has 3 aromatic carbocycles. The Morgan fingerprint density at radius 1 is 0.979 bits per heavy atom. The number of nitrogens with one attached hydrogen (secondary N) is 2. The number of urea groups is 1. The third kappa shape index (κ3) is 9.08. The number of rotatable bonds is 13. The first-order valence-corrected chi connectivity index (χ1v) is 16.5. The molecule has 5 atom stereocenters. The van der Waals surface area contributed by atoms with Gasteiger partial charge in [-0.15, -0.1) is 6.58 Å². The molecule has 250 valence electrons. The van der Waals surface area contributed by atoms with Gasteiger partial charge in [0.25, 0.3) is 0 Å². The molecule has 0 spiro atoms. The van der Waals surface area contributed by atoms with Crippen molar-refractivity contribution in [1.29, 1.82) is 0 Å². The van der Waals surface area contributed by atoms with E-state index in [9.17, 15) is 14.7 Å². The molecule has 9 heteroatoms. The molecule has 3 N–H and O–H groups in total. The number of hydrogen-bond donors (Lipinski definition) is 3. The Balaban J connectivity index is 1.30. The number of carbonyl (C=O) groups excluding carboxylic acids is 2. The Labute approximate surface area is 277 Å². The third-order valence-corrected chi connectivity index (χ3v) is 9.26. The topological polar surface area (TPSA) is 109 Å². The summed E-state index contributed by atoms with van der Waals surface area (Å²) in [7, 11) is 1.31. The second-order valence-corrected chi connectivity index (χ2v) is 12.5. The maximum Gasteiger partial charge on any atom is 0.328 e. The average Bonchev–Trinajstić information content (AvgIpc) is 3.64. The highest BCUT2D eigenvalue weighted by Crippen LogP contribution is 2.42. The molecule has 2 amide bonds. The van der Waals surface area contributed by atoms with E-state index < -0.39 is 24.3 Å². The van der Waals surface area contributed by atoms with Crippen molar-refractivity contribution in [3.05, 3.63) is 114 Å². The van der Waals surface area contributed by atoms with Crippen molar-refractivity contribution in [2.45, 2.75) is 76.2 Å². The highest BCUT2D eigenvalue weighted by Gasteiger charge is 2.40. The standard InChI is InChI=1S/C38H47N3O6/c1-4-22-41(32-12-8-9-13-32)24-34-26(2)35(29-16-14-28(25-42)15-17-29)47-37(46-34)30-18-20-31(21-19-30)39-38(44)40-33(36(43)45-3)23-27-10-6-5-7-11-27/h4-7,10-11,14-21,26,32-35,37,42H,1,8-9,12-13,22-25H2,2-3H3,(H2,39,40,44). The van der Waals surface area contributed by atoms with Gasteiger partial charge in [-0.1, -0.05) is 92.6 Å². The fourth-order valence-corrected chi connectivity index (χ4v) is 6.60. The van der Waals surface area contributed by atoms with Crippen molar-refractivity contribution in [3.8, 4) is 0 Å². The summed E-state index contributed by atoms with van der Waals surface area (Å²) in [5, 5.41) is 15.1. The number of hydrogen-bond acceptors (Lipinski definition) is 7. The van der Waals surface area contributed by atoms with Crippen molar-refractivity contribution >= 4 is 17.7 Å². The summed E-state index contributed by atoms with van der Waals surface area (Å²) in [4.78, 5) is 27.8. The number of nitrogens with zero attached hydrogens (tertiary/aromatic N) is 1. The molecule has 2 aliphatic rings. The highest BCUT2D eigenvalue weighted by molar-refractivity contribution is 5.92. The fraction of sp³-hybridized carbons (Fsp3) is 0.421. The fourth-order valence-electron chi connectivity index (χ4n) is 6.60. The van der Waals surface area contributed by atoms with Gasteiger partial charge in [0.05, 0.1) is 25.9 Å². The predicted octanol–water partition coefficient (Wildman–Crippen LogP) is 6.31. The van der Waals surface area contributed by atoms with Gasteiger partial charge in [0.2, 0.25) is 0 Å². The van der Waals surface area contributed by atoms with Crippen LogP contribution >= 0.6 is 0 Å². The number of ether oxygens (including phenoxy) is 3. The lowest BCUT2D eigenvalue weighted by Gasteiger charge is -2.43. The van der Waals surface area contributed by atoms with Crippen LogP contribution in [0.1, 0.15) is 67.3 Å². The van der Waals surface area contributed by atoms with E-state index in [2.05, 4.69) is 29.0 Å². The van der Waals surface area contributed by atoms with Gasteiger partial charge in [-0.2, -0.15) is 0 Å². The van der Waals surface area contributed by atoms with Crippen LogP contribution in [-0.2, 0) is 32.0 Å². The maximum atomic E-state index is 12.9. The van der Waals surface area contributed by atoms with Crippen molar-refractivity contribution in [2.75, 3.05) is 25.5 Å². The van der Waals surface area contributed by atoms with E-state index in [1.807, 2.05) is 72.8 Å². The minimum Gasteiger partial charge on any atom is -0.467 e. The zero-order valence-corrected chi connectivity index (χ0v) is 27.3. The molecule has 0 bridgehead atoms. The van der Waals surface area contributed by atoms with E-state index in [0.717, 1.165) is 35.3 Å². The number of esters is 1. The lowest BCUT2D eigenvalue weighted by atomic mass is 9.89. The molecule has 0 radical (unpaired) electrons. The van der Waals surface area contributed by atoms with Gasteiger partial charge in [-0.05, 0) is 41.7 Å². The molecule has 1 aliphatic heterocycles. The van der Waals surface area contributed by atoms with Crippen molar-refractivity contribution in [3.63, 3.8) is 0 Å². The highest BCUT2D eigenvalue weighted by atomic mass is 16.7. The van der Waals surface area contributed by atoms with E-state index in [1.165, 1.54) is 32.8 Å². The number of benzene rings is 3. The summed E-state index contributed by atoms with van der Waals surface area (Å²) in [6.45, 7) is 7.76. The first-order chi connectivity index (χ1) is 22.9. The van der Waals surface area contributed by atoms with E-state index >= 15 is 0 Å². The molecule has 2 fully saturated rings. The third-order valence-electron chi connectivity index (χ3n) is 9.26. The van der Waals surface area contributed by atoms with Gasteiger partial charge < -0.3 is 30.0 Å². The summed E-state index contributed by atoms with van der Waals surface area (Å²) in [5.74, 6) is -0.446. The number of aliphatic hydroxyl groups excluding tert-OH is 1. The summed E-state index contributed by atoms with van der Waals surface area (Å²) in [6.07, 6.45) is 6.23. The van der Waals surface area contributed by atoms with Crippen LogP contribution < -0.4 is 10.6 Å². The van der Waals surface area contributed by atoms with Crippen LogP contribution in [0.4, 0.5) is 10.5 Å². The van der Waals surface area contributed by atoms with Gasteiger partial charge in [0.15, 0.2) is 6.29 Å². The van der Waals surface area contributed by atoms with Crippen LogP contribution in [0.5, 0.6) is 0 Å².